The van der Waals surface area contributed by atoms with Gasteiger partial charge < -0.3 is 0 Å². The van der Waals surface area contributed by atoms with Gasteiger partial charge in [0, 0.05) is 31.5 Å². The summed E-state index contributed by atoms with van der Waals surface area (Å²) in [5.41, 5.74) is 2.51. The van der Waals surface area contributed by atoms with Crippen molar-refractivity contribution >= 4 is 73.5 Å². The molecule has 0 spiro atoms. The largest absolute Gasteiger partial charge is 0.276 e. The van der Waals surface area contributed by atoms with Crippen molar-refractivity contribution in [1.29, 1.82) is 0 Å². The van der Waals surface area contributed by atoms with Gasteiger partial charge in [0.1, 0.15) is 4.88 Å². The zero-order valence-electron chi connectivity index (χ0n) is 14.7. The topological polar surface area (TPSA) is 20.3 Å². The molecule has 0 saturated heterocycles. The number of anilines is 2. The van der Waals surface area contributed by atoms with Crippen molar-refractivity contribution in [3.05, 3.63) is 92.2 Å². The molecular weight excluding hydrogens is 433 g/mol. The highest BCUT2D eigenvalue weighted by Gasteiger charge is 2.25. The molecule has 0 fully saturated rings. The molecule has 4 rings (SSSR count). The van der Waals surface area contributed by atoms with Crippen LogP contribution in [-0.2, 0) is 0 Å². The summed E-state index contributed by atoms with van der Waals surface area (Å²) in [5.74, 6) is -0.200. The fraction of sp³-hybridized carbons (Fsp3) is 0.0455. The number of nitrogens with zero attached hydrogens (tertiary/aromatic N) is 1. The quantitative estimate of drug-likeness (QED) is 0.311. The summed E-state index contributed by atoms with van der Waals surface area (Å²) in [6.45, 7) is 2.02. The number of thiophene rings is 1. The molecule has 140 valence electrons. The molecule has 1 amide bonds. The van der Waals surface area contributed by atoms with Crippen molar-refractivity contribution in [1.82, 2.24) is 0 Å². The fourth-order valence-corrected chi connectivity index (χ4v) is 4.77. The summed E-state index contributed by atoms with van der Waals surface area (Å²) in [6.07, 6.45) is 0. The van der Waals surface area contributed by atoms with E-state index >= 15 is 0 Å². The average Bonchev–Trinajstić information content (AvgIpc) is 3.00. The van der Waals surface area contributed by atoms with E-state index < -0.39 is 0 Å². The molecule has 1 heterocycles. The van der Waals surface area contributed by atoms with Crippen molar-refractivity contribution in [2.75, 3.05) is 4.90 Å². The van der Waals surface area contributed by atoms with Gasteiger partial charge in [0.25, 0.3) is 5.91 Å². The maximum Gasteiger partial charge on any atom is 0.274 e. The maximum atomic E-state index is 13.6. The second kappa shape index (κ2) is 7.76. The highest BCUT2D eigenvalue weighted by molar-refractivity contribution is 7.21. The van der Waals surface area contributed by atoms with Crippen LogP contribution in [0.15, 0.2) is 66.7 Å². The Morgan fingerprint density at radius 2 is 1.36 bits per heavy atom. The second-order valence-corrected chi connectivity index (χ2v) is 8.64. The van der Waals surface area contributed by atoms with Gasteiger partial charge in [0.05, 0.1) is 5.02 Å². The number of hydrogen-bond acceptors (Lipinski definition) is 2. The van der Waals surface area contributed by atoms with Gasteiger partial charge >= 0.3 is 0 Å². The second-order valence-electron chi connectivity index (χ2n) is 6.34. The zero-order chi connectivity index (χ0) is 19.8. The normalized spacial score (nSPS) is 11.0. The molecule has 4 aromatic rings. The van der Waals surface area contributed by atoms with E-state index in [-0.39, 0.29) is 5.91 Å². The van der Waals surface area contributed by atoms with Crippen LogP contribution < -0.4 is 4.90 Å². The summed E-state index contributed by atoms with van der Waals surface area (Å²) < 4.78 is 0.987. The third-order valence-electron chi connectivity index (χ3n) is 4.35. The molecule has 3 aromatic carbocycles. The molecule has 0 N–H and O–H groups in total. The highest BCUT2D eigenvalue weighted by Crippen LogP contribution is 2.39. The standard InChI is InChI=1S/C22H14Cl3NOS/c1-13-2-11-18-19(12-13)28-21(20(18)25)22(27)26(16-7-3-14(23)4-8-16)17-9-5-15(24)6-10-17/h2-12H,1H3. The van der Waals surface area contributed by atoms with Crippen LogP contribution in [0.4, 0.5) is 11.4 Å². The van der Waals surface area contributed by atoms with E-state index in [1.165, 1.54) is 11.3 Å². The van der Waals surface area contributed by atoms with Crippen LogP contribution in [-0.4, -0.2) is 5.91 Å². The lowest BCUT2D eigenvalue weighted by Crippen LogP contribution is -2.25. The van der Waals surface area contributed by atoms with Gasteiger partial charge in [-0.3, -0.25) is 9.69 Å². The molecule has 0 bridgehead atoms. The van der Waals surface area contributed by atoms with Gasteiger partial charge in [0.2, 0.25) is 0 Å². The van der Waals surface area contributed by atoms with E-state index in [1.807, 2.05) is 25.1 Å². The average molecular weight is 447 g/mol. The van der Waals surface area contributed by atoms with E-state index in [0.29, 0.717) is 31.3 Å². The van der Waals surface area contributed by atoms with Crippen molar-refractivity contribution < 1.29 is 4.79 Å². The van der Waals surface area contributed by atoms with E-state index in [1.54, 1.807) is 53.4 Å². The Morgan fingerprint density at radius 1 is 0.821 bits per heavy atom. The molecule has 0 aliphatic heterocycles. The van der Waals surface area contributed by atoms with E-state index in [0.717, 1.165) is 15.6 Å². The van der Waals surface area contributed by atoms with Crippen LogP contribution in [0.1, 0.15) is 15.2 Å². The fourth-order valence-electron chi connectivity index (χ4n) is 2.98. The van der Waals surface area contributed by atoms with Crippen LogP contribution in [0.5, 0.6) is 0 Å². The lowest BCUT2D eigenvalue weighted by atomic mass is 10.2. The van der Waals surface area contributed by atoms with Crippen molar-refractivity contribution in [2.45, 2.75) is 6.92 Å². The van der Waals surface area contributed by atoms with Crippen molar-refractivity contribution in [3.8, 4) is 0 Å². The van der Waals surface area contributed by atoms with E-state index in [9.17, 15) is 4.79 Å². The molecule has 0 aliphatic carbocycles. The minimum atomic E-state index is -0.200. The summed E-state index contributed by atoms with van der Waals surface area (Å²) in [6, 6.07) is 20.2. The Balaban J connectivity index is 1.86. The third kappa shape index (κ3) is 3.63. The lowest BCUT2D eigenvalue weighted by molar-refractivity contribution is 0.100. The molecule has 1 aromatic heterocycles. The lowest BCUT2D eigenvalue weighted by Gasteiger charge is -2.23. The van der Waals surface area contributed by atoms with E-state index in [2.05, 4.69) is 0 Å². The predicted octanol–water partition coefficient (Wildman–Crippen LogP) is 8.15. The van der Waals surface area contributed by atoms with Crippen molar-refractivity contribution in [3.63, 3.8) is 0 Å². The Hall–Kier alpha value is -2.04. The summed E-state index contributed by atoms with van der Waals surface area (Å²) in [5, 5.41) is 2.55. The van der Waals surface area contributed by atoms with Gasteiger partial charge in [0.15, 0.2) is 0 Å². The minimum Gasteiger partial charge on any atom is -0.276 e. The Morgan fingerprint density at radius 3 is 1.89 bits per heavy atom. The number of rotatable bonds is 3. The number of hydrogen-bond donors (Lipinski definition) is 0. The molecule has 0 atom stereocenters. The SMILES string of the molecule is Cc1ccc2c(Cl)c(C(=O)N(c3ccc(Cl)cc3)c3ccc(Cl)cc3)sc2c1. The number of aryl methyl sites for hydroxylation is 1. The van der Waals surface area contributed by atoms with Gasteiger partial charge in [-0.05, 0) is 67.1 Å². The molecule has 0 radical (unpaired) electrons. The predicted molar refractivity (Wildman–Crippen MR) is 121 cm³/mol. The number of carbonyl (C=O) groups is 1. The summed E-state index contributed by atoms with van der Waals surface area (Å²) in [7, 11) is 0. The van der Waals surface area contributed by atoms with Crippen LogP contribution in [0.3, 0.4) is 0 Å². The van der Waals surface area contributed by atoms with Gasteiger partial charge in [-0.2, -0.15) is 0 Å². The van der Waals surface area contributed by atoms with Gasteiger partial charge in [-0.25, -0.2) is 0 Å². The number of halogens is 3. The molecule has 0 aliphatic rings. The molecule has 6 heteroatoms. The number of benzene rings is 3. The first-order chi connectivity index (χ1) is 13.4. The summed E-state index contributed by atoms with van der Waals surface area (Å²) >= 11 is 20.1. The van der Waals surface area contributed by atoms with Crippen molar-refractivity contribution in [2.24, 2.45) is 0 Å². The van der Waals surface area contributed by atoms with Crippen LogP contribution in [0, 0.1) is 6.92 Å². The third-order valence-corrected chi connectivity index (χ3v) is 6.50. The minimum absolute atomic E-state index is 0.200. The van der Waals surface area contributed by atoms with E-state index in [4.69, 9.17) is 34.8 Å². The molecule has 0 unspecified atom stereocenters. The highest BCUT2D eigenvalue weighted by atomic mass is 35.5. The first kappa shape index (κ1) is 19.3. The Bertz CT molecular complexity index is 1120. The molecule has 28 heavy (non-hydrogen) atoms. The van der Waals surface area contributed by atoms with Gasteiger partial charge in [-0.1, -0.05) is 46.9 Å². The number of fused-ring (bicyclic) bond motifs is 1. The Kier molecular flexibility index (Phi) is 5.35. The monoisotopic (exact) mass is 445 g/mol. The zero-order valence-corrected chi connectivity index (χ0v) is 17.8. The van der Waals surface area contributed by atoms with Crippen LogP contribution >= 0.6 is 46.1 Å². The van der Waals surface area contributed by atoms with Gasteiger partial charge in [-0.15, -0.1) is 11.3 Å². The Labute approximate surface area is 181 Å². The molecular formula is C22H14Cl3NOS. The van der Waals surface area contributed by atoms with Crippen LogP contribution in [0.25, 0.3) is 10.1 Å². The first-order valence-corrected chi connectivity index (χ1v) is 10.4. The molecule has 2 nitrogen and oxygen atoms in total. The molecule has 0 saturated carbocycles. The first-order valence-electron chi connectivity index (χ1n) is 8.48. The number of amides is 1. The maximum absolute atomic E-state index is 13.6. The smallest absolute Gasteiger partial charge is 0.274 e. The number of carbonyl (C=O) groups excluding carboxylic acids is 1. The van der Waals surface area contributed by atoms with Crippen LogP contribution in [0.2, 0.25) is 15.1 Å². The summed E-state index contributed by atoms with van der Waals surface area (Å²) in [4.78, 5) is 15.7.